The Morgan fingerprint density at radius 2 is 2.13 bits per heavy atom. The van der Waals surface area contributed by atoms with Crippen molar-refractivity contribution in [3.8, 4) is 0 Å². The monoisotopic (exact) mass is 333 g/mol. The minimum atomic E-state index is -0.987. The number of benzene rings is 1. The number of hydrogen-bond acceptors (Lipinski definition) is 5. The molecule has 8 heteroatoms. The van der Waals surface area contributed by atoms with E-state index < -0.39 is 11.6 Å². The van der Waals surface area contributed by atoms with Crippen molar-refractivity contribution in [1.29, 1.82) is 0 Å². The van der Waals surface area contributed by atoms with Gasteiger partial charge in [-0.15, -0.1) is 0 Å². The van der Waals surface area contributed by atoms with E-state index in [1.807, 2.05) is 13.0 Å². The van der Waals surface area contributed by atoms with Gasteiger partial charge in [-0.3, -0.25) is 9.69 Å². The third-order valence-corrected chi connectivity index (χ3v) is 4.34. The SMILES string of the molecule is Cc1ccc(N2C(=O)C(C)(C)C(=NO)C2n2cncn2)c(Cl)c1. The van der Waals surface area contributed by atoms with Crippen molar-refractivity contribution in [3.05, 3.63) is 41.4 Å². The number of anilines is 1. The largest absolute Gasteiger partial charge is 0.411 e. The van der Waals surface area contributed by atoms with Gasteiger partial charge in [0.25, 0.3) is 0 Å². The van der Waals surface area contributed by atoms with Crippen LogP contribution in [0.1, 0.15) is 25.6 Å². The fraction of sp³-hybridized carbons (Fsp3) is 0.333. The molecule has 0 aliphatic carbocycles. The molecule has 3 rings (SSSR count). The van der Waals surface area contributed by atoms with E-state index in [2.05, 4.69) is 15.2 Å². The Morgan fingerprint density at radius 1 is 1.39 bits per heavy atom. The van der Waals surface area contributed by atoms with Crippen LogP contribution in [0.4, 0.5) is 5.69 Å². The molecule has 120 valence electrons. The van der Waals surface area contributed by atoms with Crippen LogP contribution in [0.3, 0.4) is 0 Å². The molecule has 1 unspecified atom stereocenters. The van der Waals surface area contributed by atoms with Crippen LogP contribution in [0.25, 0.3) is 0 Å². The molecular weight excluding hydrogens is 318 g/mol. The molecule has 1 aliphatic heterocycles. The zero-order valence-corrected chi connectivity index (χ0v) is 13.7. The number of carbonyl (C=O) groups is 1. The fourth-order valence-corrected chi connectivity index (χ4v) is 3.11. The summed E-state index contributed by atoms with van der Waals surface area (Å²) >= 11 is 6.34. The molecule has 1 fully saturated rings. The highest BCUT2D eigenvalue weighted by Gasteiger charge is 2.54. The average Bonchev–Trinajstić information content (AvgIpc) is 3.07. The summed E-state index contributed by atoms with van der Waals surface area (Å²) in [4.78, 5) is 18.4. The van der Waals surface area contributed by atoms with Crippen molar-refractivity contribution in [2.75, 3.05) is 4.90 Å². The van der Waals surface area contributed by atoms with Crippen LogP contribution >= 0.6 is 11.6 Å². The molecule has 1 amide bonds. The van der Waals surface area contributed by atoms with Crippen LogP contribution in [0.2, 0.25) is 5.02 Å². The molecule has 7 nitrogen and oxygen atoms in total. The summed E-state index contributed by atoms with van der Waals surface area (Å²) in [6, 6.07) is 5.42. The van der Waals surface area contributed by atoms with Crippen molar-refractivity contribution in [2.45, 2.75) is 26.9 Å². The van der Waals surface area contributed by atoms with Crippen molar-refractivity contribution in [1.82, 2.24) is 14.8 Å². The zero-order valence-electron chi connectivity index (χ0n) is 12.9. The number of rotatable bonds is 2. The summed E-state index contributed by atoms with van der Waals surface area (Å²) in [7, 11) is 0. The standard InChI is InChI=1S/C15H16ClN5O2/c1-9-4-5-11(10(16)6-9)21-13(20-8-17-7-18-20)12(19-23)15(2,3)14(21)22/h4-8,13,23H,1-3H3. The number of carbonyl (C=O) groups excluding carboxylic acids is 1. The van der Waals surface area contributed by atoms with E-state index in [1.165, 1.54) is 22.2 Å². The maximum absolute atomic E-state index is 13.0. The number of halogens is 1. The summed E-state index contributed by atoms with van der Waals surface area (Å²) in [5.41, 5.74) is 0.816. The van der Waals surface area contributed by atoms with Gasteiger partial charge in [-0.05, 0) is 38.5 Å². The van der Waals surface area contributed by atoms with Gasteiger partial charge in [0, 0.05) is 0 Å². The molecule has 0 bridgehead atoms. The number of oxime groups is 1. The molecule has 0 saturated carbocycles. The number of nitrogens with zero attached hydrogens (tertiary/aromatic N) is 5. The smallest absolute Gasteiger partial charge is 0.240 e. The second-order valence-corrected chi connectivity index (χ2v) is 6.40. The maximum atomic E-state index is 13.0. The molecule has 1 aromatic heterocycles. The highest BCUT2D eigenvalue weighted by Crippen LogP contribution is 2.43. The lowest BCUT2D eigenvalue weighted by Gasteiger charge is -2.25. The van der Waals surface area contributed by atoms with Gasteiger partial charge in [0.2, 0.25) is 5.91 Å². The quantitative estimate of drug-likeness (QED) is 0.676. The van der Waals surface area contributed by atoms with E-state index >= 15 is 0 Å². The minimum absolute atomic E-state index is 0.225. The Bertz CT molecular complexity index is 785. The summed E-state index contributed by atoms with van der Waals surface area (Å²) in [5.74, 6) is -0.225. The topological polar surface area (TPSA) is 83.6 Å². The van der Waals surface area contributed by atoms with Gasteiger partial charge in [-0.1, -0.05) is 22.8 Å². The van der Waals surface area contributed by atoms with Crippen molar-refractivity contribution >= 4 is 28.9 Å². The Morgan fingerprint density at radius 3 is 2.70 bits per heavy atom. The van der Waals surface area contributed by atoms with E-state index in [-0.39, 0.29) is 11.6 Å². The van der Waals surface area contributed by atoms with Crippen molar-refractivity contribution < 1.29 is 10.0 Å². The predicted octanol–water partition coefficient (Wildman–Crippen LogP) is 2.64. The number of amides is 1. The number of aromatic nitrogens is 3. The van der Waals surface area contributed by atoms with Crippen LogP contribution in [0.5, 0.6) is 0 Å². The molecule has 1 N–H and O–H groups in total. The first-order valence-electron chi connectivity index (χ1n) is 7.04. The van der Waals surface area contributed by atoms with E-state index in [1.54, 1.807) is 26.0 Å². The van der Waals surface area contributed by atoms with Crippen molar-refractivity contribution in [2.24, 2.45) is 10.6 Å². The fourth-order valence-electron chi connectivity index (χ4n) is 2.78. The molecule has 1 atom stereocenters. The molecule has 0 spiro atoms. The van der Waals surface area contributed by atoms with Gasteiger partial charge in [0.05, 0.1) is 16.1 Å². The van der Waals surface area contributed by atoms with E-state index in [4.69, 9.17) is 11.6 Å². The Labute approximate surface area is 138 Å². The molecule has 1 aromatic carbocycles. The Balaban J connectivity index is 2.22. The molecule has 2 heterocycles. The highest BCUT2D eigenvalue weighted by atomic mass is 35.5. The van der Waals surface area contributed by atoms with Crippen LogP contribution in [0, 0.1) is 12.3 Å². The number of hydrogen-bond donors (Lipinski definition) is 1. The van der Waals surface area contributed by atoms with E-state index in [0.717, 1.165) is 5.56 Å². The Kier molecular flexibility index (Phi) is 3.60. The molecule has 2 aromatic rings. The van der Waals surface area contributed by atoms with Gasteiger partial charge in [-0.2, -0.15) is 5.10 Å². The zero-order chi connectivity index (χ0) is 16.8. The molecule has 0 radical (unpaired) electrons. The summed E-state index contributed by atoms with van der Waals surface area (Å²) in [6.07, 6.45) is 2.12. The van der Waals surface area contributed by atoms with Gasteiger partial charge in [0.15, 0.2) is 6.17 Å². The first kappa shape index (κ1) is 15.5. The van der Waals surface area contributed by atoms with Crippen LogP contribution in [0.15, 0.2) is 36.0 Å². The van der Waals surface area contributed by atoms with Gasteiger partial charge in [-0.25, -0.2) is 9.67 Å². The van der Waals surface area contributed by atoms with Crippen LogP contribution in [-0.4, -0.2) is 31.6 Å². The van der Waals surface area contributed by atoms with Gasteiger partial charge in [0.1, 0.15) is 18.4 Å². The molecule has 23 heavy (non-hydrogen) atoms. The first-order chi connectivity index (χ1) is 10.9. The predicted molar refractivity (Wildman–Crippen MR) is 85.7 cm³/mol. The average molecular weight is 334 g/mol. The second kappa shape index (κ2) is 5.34. The third kappa shape index (κ3) is 2.28. The first-order valence-corrected chi connectivity index (χ1v) is 7.42. The highest BCUT2D eigenvalue weighted by molar-refractivity contribution is 6.35. The van der Waals surface area contributed by atoms with E-state index in [9.17, 15) is 10.0 Å². The lowest BCUT2D eigenvalue weighted by Crippen LogP contribution is -2.34. The summed E-state index contributed by atoms with van der Waals surface area (Å²) in [6.45, 7) is 5.33. The van der Waals surface area contributed by atoms with Crippen LogP contribution in [-0.2, 0) is 4.79 Å². The lowest BCUT2D eigenvalue weighted by atomic mass is 9.89. The van der Waals surface area contributed by atoms with Gasteiger partial charge < -0.3 is 5.21 Å². The molecule has 1 saturated heterocycles. The maximum Gasteiger partial charge on any atom is 0.240 e. The minimum Gasteiger partial charge on any atom is -0.411 e. The third-order valence-electron chi connectivity index (χ3n) is 4.04. The second-order valence-electron chi connectivity index (χ2n) is 5.99. The summed E-state index contributed by atoms with van der Waals surface area (Å²) < 4.78 is 1.47. The molecule has 1 aliphatic rings. The molecular formula is C15H16ClN5O2. The van der Waals surface area contributed by atoms with E-state index in [0.29, 0.717) is 10.7 Å². The lowest BCUT2D eigenvalue weighted by molar-refractivity contribution is -0.122. The van der Waals surface area contributed by atoms with Crippen molar-refractivity contribution in [3.63, 3.8) is 0 Å². The van der Waals surface area contributed by atoms with Crippen LogP contribution < -0.4 is 4.90 Å². The Hall–Kier alpha value is -2.41. The summed E-state index contributed by atoms with van der Waals surface area (Å²) in [5, 5.41) is 17.4. The normalized spacial score (nSPS) is 22.1. The van der Waals surface area contributed by atoms with Gasteiger partial charge >= 0.3 is 0 Å². The number of aryl methyl sites for hydroxylation is 1.